The maximum absolute atomic E-state index is 13.0. The van der Waals surface area contributed by atoms with Crippen LogP contribution >= 0.6 is 0 Å². The van der Waals surface area contributed by atoms with Gasteiger partial charge in [-0.3, -0.25) is 9.48 Å². The summed E-state index contributed by atoms with van der Waals surface area (Å²) in [7, 11) is 1.73. The molecule has 0 bridgehead atoms. The third-order valence-electron chi connectivity index (χ3n) is 8.08. The van der Waals surface area contributed by atoms with Gasteiger partial charge in [0.05, 0.1) is 18.2 Å². The van der Waals surface area contributed by atoms with Crippen LogP contribution < -0.4 is 0 Å². The number of ether oxygens (including phenoxy) is 1. The van der Waals surface area contributed by atoms with Gasteiger partial charge in [0.1, 0.15) is 0 Å². The van der Waals surface area contributed by atoms with E-state index in [0.29, 0.717) is 18.2 Å². The molecule has 5 heteroatoms. The van der Waals surface area contributed by atoms with Crippen LogP contribution in [0, 0.1) is 17.3 Å². The molecule has 2 saturated carbocycles. The van der Waals surface area contributed by atoms with E-state index in [-0.39, 0.29) is 17.4 Å². The van der Waals surface area contributed by atoms with Gasteiger partial charge in [-0.1, -0.05) is 39.0 Å². The maximum atomic E-state index is 13.0. The van der Waals surface area contributed by atoms with Crippen molar-refractivity contribution in [1.82, 2.24) is 9.78 Å². The number of ketones is 1. The summed E-state index contributed by atoms with van der Waals surface area (Å²) >= 11 is 0. The van der Waals surface area contributed by atoms with E-state index in [2.05, 4.69) is 12.0 Å². The molecule has 0 spiro atoms. The Hall–Kier alpha value is -1.20. The monoisotopic (exact) mass is 418 g/mol. The fourth-order valence-corrected chi connectivity index (χ4v) is 6.04. The van der Waals surface area contributed by atoms with Crippen LogP contribution in [0.2, 0.25) is 0 Å². The van der Waals surface area contributed by atoms with Gasteiger partial charge in [-0.15, -0.1) is 0 Å². The van der Waals surface area contributed by atoms with Gasteiger partial charge in [0.25, 0.3) is 0 Å². The molecule has 5 atom stereocenters. The Morgan fingerprint density at radius 1 is 1.13 bits per heavy atom. The van der Waals surface area contributed by atoms with Crippen molar-refractivity contribution in [2.75, 3.05) is 7.11 Å². The SMILES string of the molecule is COC1CCC(CCC2(C)CCCC2C(=O)Cn2cccn2)CCCCCC1(C)O. The first-order valence-corrected chi connectivity index (χ1v) is 12.1. The molecule has 1 aromatic rings. The highest BCUT2D eigenvalue weighted by Gasteiger charge is 2.42. The Bertz CT molecular complexity index is 657. The van der Waals surface area contributed by atoms with Gasteiger partial charge in [0.2, 0.25) is 0 Å². The lowest BCUT2D eigenvalue weighted by atomic mass is 9.72. The summed E-state index contributed by atoms with van der Waals surface area (Å²) in [5.74, 6) is 1.17. The van der Waals surface area contributed by atoms with Crippen LogP contribution in [0.15, 0.2) is 18.5 Å². The van der Waals surface area contributed by atoms with Gasteiger partial charge < -0.3 is 9.84 Å². The van der Waals surface area contributed by atoms with Crippen molar-refractivity contribution in [3.63, 3.8) is 0 Å². The number of aromatic nitrogens is 2. The average molecular weight is 419 g/mol. The second kappa shape index (κ2) is 10.4. The summed E-state index contributed by atoms with van der Waals surface area (Å²) in [6.07, 6.45) is 16.8. The Kier molecular flexibility index (Phi) is 8.14. The number of Topliss-reactive ketones (excluding diaryl/α,β-unsaturated/α-hetero) is 1. The van der Waals surface area contributed by atoms with Gasteiger partial charge in [-0.25, -0.2) is 0 Å². The molecule has 1 N–H and O–H groups in total. The van der Waals surface area contributed by atoms with Gasteiger partial charge in [-0.05, 0) is 69.3 Å². The lowest BCUT2D eigenvalue weighted by Crippen LogP contribution is -2.41. The first-order valence-electron chi connectivity index (χ1n) is 12.1. The van der Waals surface area contributed by atoms with Crippen molar-refractivity contribution in [2.45, 2.75) is 109 Å². The minimum atomic E-state index is -0.724. The molecular formula is C25H42N2O3. The van der Waals surface area contributed by atoms with E-state index in [1.165, 1.54) is 25.7 Å². The summed E-state index contributed by atoms with van der Waals surface area (Å²) in [4.78, 5) is 13.0. The average Bonchev–Trinajstić information content (AvgIpc) is 3.35. The van der Waals surface area contributed by atoms with Crippen LogP contribution in [0.5, 0.6) is 0 Å². The smallest absolute Gasteiger partial charge is 0.157 e. The number of hydrogen-bond acceptors (Lipinski definition) is 4. The van der Waals surface area contributed by atoms with Crippen molar-refractivity contribution in [1.29, 1.82) is 0 Å². The van der Waals surface area contributed by atoms with Crippen molar-refractivity contribution >= 4 is 5.78 Å². The minimum Gasteiger partial charge on any atom is -0.387 e. The molecule has 5 nitrogen and oxygen atoms in total. The summed E-state index contributed by atoms with van der Waals surface area (Å²) in [5.41, 5.74) is -0.607. The van der Waals surface area contributed by atoms with E-state index in [4.69, 9.17) is 4.74 Å². The third kappa shape index (κ3) is 5.94. The molecule has 0 aliphatic heterocycles. The molecule has 2 fully saturated rings. The molecule has 2 aliphatic rings. The van der Waals surface area contributed by atoms with Crippen LogP contribution in [0.1, 0.15) is 90.9 Å². The molecule has 2 aliphatic carbocycles. The first kappa shape index (κ1) is 23.5. The predicted molar refractivity (Wildman–Crippen MR) is 119 cm³/mol. The van der Waals surface area contributed by atoms with Crippen molar-refractivity contribution in [3.05, 3.63) is 18.5 Å². The summed E-state index contributed by atoms with van der Waals surface area (Å²) in [6.45, 7) is 4.68. The molecule has 1 heterocycles. The number of carbonyl (C=O) groups excluding carboxylic acids is 1. The molecule has 0 aromatic carbocycles. The highest BCUT2D eigenvalue weighted by Crippen LogP contribution is 2.48. The number of nitrogens with zero attached hydrogens (tertiary/aromatic N) is 2. The van der Waals surface area contributed by atoms with Gasteiger partial charge in [-0.2, -0.15) is 5.10 Å². The van der Waals surface area contributed by atoms with Crippen LogP contribution in [-0.2, 0) is 16.1 Å². The molecule has 0 amide bonds. The van der Waals surface area contributed by atoms with E-state index >= 15 is 0 Å². The molecule has 170 valence electrons. The van der Waals surface area contributed by atoms with Crippen molar-refractivity contribution in [3.8, 4) is 0 Å². The fraction of sp³-hybridized carbons (Fsp3) is 0.840. The minimum absolute atomic E-state index is 0.0800. The van der Waals surface area contributed by atoms with Gasteiger partial charge in [0.15, 0.2) is 5.78 Å². The Morgan fingerprint density at radius 2 is 1.97 bits per heavy atom. The van der Waals surface area contributed by atoms with Crippen LogP contribution in [0.25, 0.3) is 0 Å². The first-order chi connectivity index (χ1) is 14.3. The predicted octanol–water partition coefficient (Wildman–Crippen LogP) is 5.17. The van der Waals surface area contributed by atoms with Crippen LogP contribution in [0.3, 0.4) is 0 Å². The highest BCUT2D eigenvalue weighted by atomic mass is 16.5. The number of rotatable bonds is 7. The van der Waals surface area contributed by atoms with Crippen molar-refractivity contribution < 1.29 is 14.6 Å². The number of methoxy groups -OCH3 is 1. The van der Waals surface area contributed by atoms with E-state index < -0.39 is 5.60 Å². The maximum Gasteiger partial charge on any atom is 0.157 e. The summed E-state index contributed by atoms with van der Waals surface area (Å²) in [6, 6.07) is 1.88. The lowest BCUT2D eigenvalue weighted by Gasteiger charge is -2.35. The molecule has 3 rings (SSSR count). The van der Waals surface area contributed by atoms with Gasteiger partial charge >= 0.3 is 0 Å². The molecule has 0 saturated heterocycles. The second-order valence-corrected chi connectivity index (χ2v) is 10.4. The zero-order chi connectivity index (χ0) is 21.6. The highest BCUT2D eigenvalue weighted by molar-refractivity contribution is 5.81. The Morgan fingerprint density at radius 3 is 2.70 bits per heavy atom. The Labute approximate surface area is 182 Å². The topological polar surface area (TPSA) is 64.4 Å². The quantitative estimate of drug-likeness (QED) is 0.664. The Balaban J connectivity index is 1.58. The number of hydrogen-bond donors (Lipinski definition) is 1. The number of aliphatic hydroxyl groups is 1. The van der Waals surface area contributed by atoms with Crippen molar-refractivity contribution in [2.24, 2.45) is 17.3 Å². The van der Waals surface area contributed by atoms with E-state index in [0.717, 1.165) is 51.4 Å². The molecular weight excluding hydrogens is 376 g/mol. The summed E-state index contributed by atoms with van der Waals surface area (Å²) in [5, 5.41) is 15.0. The van der Waals surface area contributed by atoms with Crippen LogP contribution in [-0.4, -0.2) is 39.5 Å². The molecule has 5 unspecified atom stereocenters. The van der Waals surface area contributed by atoms with Crippen LogP contribution in [0.4, 0.5) is 0 Å². The summed E-state index contributed by atoms with van der Waals surface area (Å²) < 4.78 is 7.44. The third-order valence-corrected chi connectivity index (χ3v) is 8.08. The largest absolute Gasteiger partial charge is 0.387 e. The van der Waals surface area contributed by atoms with Gasteiger partial charge in [0, 0.05) is 25.4 Å². The lowest BCUT2D eigenvalue weighted by molar-refractivity contribution is -0.126. The zero-order valence-corrected chi connectivity index (χ0v) is 19.3. The normalized spacial score (nSPS) is 35.9. The van der Waals surface area contributed by atoms with E-state index in [9.17, 15) is 9.90 Å². The molecule has 0 radical (unpaired) electrons. The van der Waals surface area contributed by atoms with E-state index in [1.807, 2.05) is 19.2 Å². The fourth-order valence-electron chi connectivity index (χ4n) is 6.04. The molecule has 1 aromatic heterocycles. The standard InChI is InChI=1S/C25H42N2O3/c1-24(14-7-10-21(24)22(28)19-27-18-8-17-26-27)16-13-20-9-5-4-6-15-25(2,29)23(30-3)12-11-20/h8,17-18,20-21,23,29H,4-7,9-16,19H2,1-3H3. The van der Waals surface area contributed by atoms with E-state index in [1.54, 1.807) is 18.0 Å². The zero-order valence-electron chi connectivity index (χ0n) is 19.3. The molecule has 30 heavy (non-hydrogen) atoms. The number of carbonyl (C=O) groups is 1. The second-order valence-electron chi connectivity index (χ2n) is 10.4.